The molecule has 3 heteroatoms. The van der Waals surface area contributed by atoms with E-state index in [0.29, 0.717) is 5.92 Å². The molecule has 1 unspecified atom stereocenters. The van der Waals surface area contributed by atoms with Crippen molar-refractivity contribution in [2.75, 3.05) is 17.6 Å². The molecule has 2 aromatic rings. The van der Waals surface area contributed by atoms with Crippen LogP contribution in [0.3, 0.4) is 0 Å². The number of rotatable bonds is 3. The fraction of sp³-hybridized carbons (Fsp3) is 0.250. The minimum atomic E-state index is -0.177. The van der Waals surface area contributed by atoms with E-state index in [1.165, 1.54) is 10.5 Å². The molecule has 1 aliphatic rings. The van der Waals surface area contributed by atoms with Gasteiger partial charge in [0.1, 0.15) is 5.82 Å². The van der Waals surface area contributed by atoms with Crippen LogP contribution in [0, 0.1) is 12.7 Å². The third-order valence-corrected chi connectivity index (χ3v) is 4.65. The third kappa shape index (κ3) is 2.76. The summed E-state index contributed by atoms with van der Waals surface area (Å²) in [4.78, 5) is 1.38. The van der Waals surface area contributed by atoms with Crippen LogP contribution in [0.15, 0.2) is 47.4 Å². The number of nitrogens with one attached hydrogen (secondary N) is 1. The molecular formula is C16H16FNS. The van der Waals surface area contributed by atoms with Crippen LogP contribution in [-0.4, -0.2) is 12.3 Å². The van der Waals surface area contributed by atoms with Gasteiger partial charge in [-0.05, 0) is 42.3 Å². The van der Waals surface area contributed by atoms with E-state index >= 15 is 0 Å². The molecular weight excluding hydrogens is 257 g/mol. The molecule has 1 nitrogen and oxygen atoms in total. The molecule has 19 heavy (non-hydrogen) atoms. The van der Waals surface area contributed by atoms with Gasteiger partial charge in [-0.3, -0.25) is 0 Å². The lowest BCUT2D eigenvalue weighted by molar-refractivity contribution is 0.627. The Hall–Kier alpha value is -1.48. The number of aryl methyl sites for hydroxylation is 1. The molecule has 0 aromatic heterocycles. The summed E-state index contributed by atoms with van der Waals surface area (Å²) in [5.74, 6) is 1.43. The minimum Gasteiger partial charge on any atom is -0.384 e. The van der Waals surface area contributed by atoms with Crippen LogP contribution < -0.4 is 5.32 Å². The van der Waals surface area contributed by atoms with Gasteiger partial charge in [0.2, 0.25) is 0 Å². The average molecular weight is 273 g/mol. The predicted octanol–water partition coefficient (Wildman–Crippen LogP) is 4.44. The lowest BCUT2D eigenvalue weighted by Gasteiger charge is -2.13. The topological polar surface area (TPSA) is 12.0 Å². The Balaban J connectivity index is 1.70. The molecule has 0 bridgehead atoms. The van der Waals surface area contributed by atoms with E-state index in [2.05, 4.69) is 29.6 Å². The van der Waals surface area contributed by atoms with Gasteiger partial charge in [-0.25, -0.2) is 4.39 Å². The minimum absolute atomic E-state index is 0.177. The van der Waals surface area contributed by atoms with Crippen molar-refractivity contribution < 1.29 is 4.39 Å². The number of anilines is 1. The van der Waals surface area contributed by atoms with Gasteiger partial charge in [0.25, 0.3) is 0 Å². The number of hydrogen-bond acceptors (Lipinski definition) is 2. The highest BCUT2D eigenvalue weighted by Gasteiger charge is 2.22. The van der Waals surface area contributed by atoms with Crippen LogP contribution in [0.1, 0.15) is 17.0 Å². The Morgan fingerprint density at radius 3 is 2.95 bits per heavy atom. The zero-order valence-corrected chi connectivity index (χ0v) is 11.6. The highest BCUT2D eigenvalue weighted by Crippen LogP contribution is 2.39. The Bertz CT molecular complexity index is 577. The molecule has 1 atom stereocenters. The quantitative estimate of drug-likeness (QED) is 0.887. The highest BCUT2D eigenvalue weighted by atomic mass is 32.2. The molecule has 0 fully saturated rings. The number of thioether (sulfide) groups is 1. The van der Waals surface area contributed by atoms with Crippen molar-refractivity contribution >= 4 is 17.4 Å². The van der Waals surface area contributed by atoms with Crippen molar-refractivity contribution in [1.29, 1.82) is 0 Å². The molecule has 0 radical (unpaired) electrons. The highest BCUT2D eigenvalue weighted by molar-refractivity contribution is 7.99. The Morgan fingerprint density at radius 1 is 1.26 bits per heavy atom. The maximum Gasteiger partial charge on any atom is 0.125 e. The number of fused-ring (bicyclic) bond motifs is 1. The number of halogens is 1. The third-order valence-electron chi connectivity index (χ3n) is 3.39. The van der Waals surface area contributed by atoms with Gasteiger partial charge in [0.15, 0.2) is 0 Å². The summed E-state index contributed by atoms with van der Waals surface area (Å²) in [7, 11) is 0. The van der Waals surface area contributed by atoms with Crippen molar-refractivity contribution in [1.82, 2.24) is 0 Å². The molecule has 0 saturated heterocycles. The van der Waals surface area contributed by atoms with Crippen LogP contribution in [0.2, 0.25) is 0 Å². The van der Waals surface area contributed by atoms with Crippen LogP contribution >= 0.6 is 11.8 Å². The van der Waals surface area contributed by atoms with Crippen molar-refractivity contribution in [3.63, 3.8) is 0 Å². The Labute approximate surface area is 117 Å². The van der Waals surface area contributed by atoms with E-state index < -0.39 is 0 Å². The summed E-state index contributed by atoms with van der Waals surface area (Å²) in [6.45, 7) is 2.77. The first kappa shape index (κ1) is 12.5. The van der Waals surface area contributed by atoms with Crippen LogP contribution in [0.25, 0.3) is 0 Å². The lowest BCUT2D eigenvalue weighted by atomic mass is 10.0. The predicted molar refractivity (Wildman–Crippen MR) is 79.5 cm³/mol. The van der Waals surface area contributed by atoms with Crippen LogP contribution in [-0.2, 0) is 0 Å². The first-order valence-electron chi connectivity index (χ1n) is 6.45. The monoisotopic (exact) mass is 273 g/mol. The second kappa shape index (κ2) is 5.25. The van der Waals surface area contributed by atoms with Gasteiger partial charge in [-0.1, -0.05) is 18.2 Å². The Kier molecular flexibility index (Phi) is 3.47. The molecule has 3 rings (SSSR count). The maximum absolute atomic E-state index is 13.3. The molecule has 1 aliphatic heterocycles. The van der Waals surface area contributed by atoms with Gasteiger partial charge < -0.3 is 5.32 Å². The fourth-order valence-corrected chi connectivity index (χ4v) is 3.73. The lowest BCUT2D eigenvalue weighted by Crippen LogP contribution is -2.12. The van der Waals surface area contributed by atoms with Gasteiger partial charge in [-0.2, -0.15) is 0 Å². The zero-order valence-electron chi connectivity index (χ0n) is 10.8. The summed E-state index contributed by atoms with van der Waals surface area (Å²) < 4.78 is 13.3. The second-order valence-corrected chi connectivity index (χ2v) is 6.01. The van der Waals surface area contributed by atoms with E-state index in [1.807, 2.05) is 24.8 Å². The fourth-order valence-electron chi connectivity index (χ4n) is 2.48. The van der Waals surface area contributed by atoms with Crippen molar-refractivity contribution in [2.45, 2.75) is 17.7 Å². The average Bonchev–Trinajstić information content (AvgIpc) is 2.78. The molecule has 0 spiro atoms. The van der Waals surface area contributed by atoms with Crippen LogP contribution in [0.5, 0.6) is 0 Å². The van der Waals surface area contributed by atoms with Crippen molar-refractivity contribution in [3.05, 3.63) is 59.4 Å². The summed E-state index contributed by atoms with van der Waals surface area (Å²) in [6.07, 6.45) is 0. The molecule has 2 aromatic carbocycles. The van der Waals surface area contributed by atoms with E-state index in [0.717, 1.165) is 23.5 Å². The molecule has 0 amide bonds. The number of hydrogen-bond donors (Lipinski definition) is 1. The smallest absolute Gasteiger partial charge is 0.125 e. The first-order valence-corrected chi connectivity index (χ1v) is 7.44. The van der Waals surface area contributed by atoms with E-state index in [9.17, 15) is 4.39 Å². The van der Waals surface area contributed by atoms with Gasteiger partial charge in [0, 0.05) is 28.8 Å². The molecule has 0 aliphatic carbocycles. The largest absolute Gasteiger partial charge is 0.384 e. The summed E-state index contributed by atoms with van der Waals surface area (Å²) in [5.41, 5.74) is 3.23. The SMILES string of the molecule is Cc1cc(F)cc(NCC2CSc3ccccc32)c1. The normalized spacial score (nSPS) is 17.3. The van der Waals surface area contributed by atoms with Crippen molar-refractivity contribution in [2.24, 2.45) is 0 Å². The molecule has 98 valence electrons. The molecule has 1 N–H and O–H groups in total. The summed E-state index contributed by atoms with van der Waals surface area (Å²) >= 11 is 1.90. The summed E-state index contributed by atoms with van der Waals surface area (Å²) in [6, 6.07) is 13.6. The first-order chi connectivity index (χ1) is 9.22. The maximum atomic E-state index is 13.3. The van der Waals surface area contributed by atoms with E-state index in [1.54, 1.807) is 12.1 Å². The standard InChI is InChI=1S/C16H16FNS/c1-11-6-13(17)8-14(7-11)18-9-12-10-19-16-5-3-2-4-15(12)16/h2-8,12,18H,9-10H2,1H3. The zero-order chi connectivity index (χ0) is 13.2. The van der Waals surface area contributed by atoms with E-state index in [4.69, 9.17) is 0 Å². The summed E-state index contributed by atoms with van der Waals surface area (Å²) in [5, 5.41) is 3.36. The van der Waals surface area contributed by atoms with Crippen molar-refractivity contribution in [3.8, 4) is 0 Å². The van der Waals surface area contributed by atoms with E-state index in [-0.39, 0.29) is 5.82 Å². The molecule has 1 heterocycles. The second-order valence-electron chi connectivity index (χ2n) is 4.94. The Morgan fingerprint density at radius 2 is 2.11 bits per heavy atom. The van der Waals surface area contributed by atoms with Gasteiger partial charge in [0.05, 0.1) is 0 Å². The van der Waals surface area contributed by atoms with Crippen LogP contribution in [0.4, 0.5) is 10.1 Å². The molecule has 0 saturated carbocycles. The van der Waals surface area contributed by atoms with Gasteiger partial charge in [-0.15, -0.1) is 11.8 Å². The van der Waals surface area contributed by atoms with Gasteiger partial charge >= 0.3 is 0 Å². The number of benzene rings is 2.